The van der Waals surface area contributed by atoms with Crippen molar-refractivity contribution in [3.63, 3.8) is 0 Å². The van der Waals surface area contributed by atoms with Gasteiger partial charge in [-0.25, -0.2) is 9.97 Å². The number of nitrogens with one attached hydrogen (secondary N) is 1. The third-order valence-corrected chi connectivity index (χ3v) is 8.27. The summed E-state index contributed by atoms with van der Waals surface area (Å²) in [6.07, 6.45) is 6.31. The van der Waals surface area contributed by atoms with Crippen molar-refractivity contribution >= 4 is 33.8 Å². The molecule has 1 aliphatic heterocycles. The zero-order chi connectivity index (χ0) is 23.1. The molecule has 2 aromatic heterocycles. The standard InChI is InChI=1S/C28H28N4OS/c1-19-31-24(25(34-19)21-8-3-2-4-9-21)27(33)32-18-28(13-14-28)17-22(32)12-16-30-26-23-10-6-5-7-20(23)11-15-29-26/h2-11,15,22H,12-14,16-18H2,1H3,(H,29,30)/t22-/m1/s1. The van der Waals surface area contributed by atoms with Crippen LogP contribution in [-0.4, -0.2) is 39.9 Å². The number of benzene rings is 2. The molecule has 1 atom stereocenters. The Balaban J connectivity index is 1.21. The van der Waals surface area contributed by atoms with Crippen LogP contribution in [0.25, 0.3) is 21.2 Å². The summed E-state index contributed by atoms with van der Waals surface area (Å²) in [7, 11) is 0. The van der Waals surface area contributed by atoms with Gasteiger partial charge in [0, 0.05) is 30.7 Å². The maximum Gasteiger partial charge on any atom is 0.274 e. The highest BCUT2D eigenvalue weighted by Gasteiger charge is 2.53. The molecule has 0 radical (unpaired) electrons. The Labute approximate surface area is 203 Å². The summed E-state index contributed by atoms with van der Waals surface area (Å²) in [5, 5.41) is 6.79. The minimum absolute atomic E-state index is 0.0836. The number of thiazole rings is 1. The topological polar surface area (TPSA) is 58.1 Å². The van der Waals surface area contributed by atoms with Crippen molar-refractivity contribution in [2.45, 2.75) is 38.6 Å². The number of aromatic nitrogens is 2. The fourth-order valence-electron chi connectivity index (χ4n) is 5.31. The van der Waals surface area contributed by atoms with Gasteiger partial charge in [-0.2, -0.15) is 0 Å². The third kappa shape index (κ3) is 3.96. The van der Waals surface area contributed by atoms with E-state index in [1.54, 1.807) is 11.3 Å². The fourth-order valence-corrected chi connectivity index (χ4v) is 6.23. The average molecular weight is 469 g/mol. The molecule has 4 aromatic rings. The molecule has 3 heterocycles. The smallest absolute Gasteiger partial charge is 0.274 e. The Morgan fingerprint density at radius 1 is 1.12 bits per heavy atom. The lowest BCUT2D eigenvalue weighted by Gasteiger charge is -2.25. The molecule has 2 fully saturated rings. The van der Waals surface area contributed by atoms with Gasteiger partial charge >= 0.3 is 0 Å². The normalized spacial score (nSPS) is 18.5. The number of rotatable bonds is 6. The van der Waals surface area contributed by atoms with Crippen LogP contribution in [0.15, 0.2) is 66.9 Å². The van der Waals surface area contributed by atoms with Gasteiger partial charge in [-0.1, -0.05) is 54.6 Å². The van der Waals surface area contributed by atoms with Gasteiger partial charge in [0.15, 0.2) is 0 Å². The van der Waals surface area contributed by atoms with Crippen molar-refractivity contribution in [2.75, 3.05) is 18.4 Å². The summed E-state index contributed by atoms with van der Waals surface area (Å²) in [6, 6.07) is 20.7. The van der Waals surface area contributed by atoms with Crippen LogP contribution >= 0.6 is 11.3 Å². The van der Waals surface area contributed by atoms with Gasteiger partial charge < -0.3 is 10.2 Å². The van der Waals surface area contributed by atoms with Gasteiger partial charge in [0.2, 0.25) is 0 Å². The highest BCUT2D eigenvalue weighted by atomic mass is 32.1. The second-order valence-electron chi connectivity index (χ2n) is 9.66. The van der Waals surface area contributed by atoms with Gasteiger partial charge in [-0.3, -0.25) is 4.79 Å². The quantitative estimate of drug-likeness (QED) is 0.368. The van der Waals surface area contributed by atoms with Crippen LogP contribution in [0.1, 0.15) is 41.2 Å². The lowest BCUT2D eigenvalue weighted by atomic mass is 10.0. The van der Waals surface area contributed by atoms with Crippen molar-refractivity contribution in [2.24, 2.45) is 5.41 Å². The highest BCUT2D eigenvalue weighted by molar-refractivity contribution is 7.15. The lowest BCUT2D eigenvalue weighted by molar-refractivity contribution is 0.0723. The monoisotopic (exact) mass is 468 g/mol. The molecule has 0 bridgehead atoms. The highest BCUT2D eigenvalue weighted by Crippen LogP contribution is 2.55. The molecule has 1 spiro atoms. The maximum atomic E-state index is 13.8. The summed E-state index contributed by atoms with van der Waals surface area (Å²) >= 11 is 1.61. The molecule has 0 unspecified atom stereocenters. The van der Waals surface area contributed by atoms with E-state index in [2.05, 4.69) is 39.5 Å². The Hall–Kier alpha value is -3.25. The van der Waals surface area contributed by atoms with E-state index >= 15 is 0 Å². The van der Waals surface area contributed by atoms with Crippen molar-refractivity contribution in [1.29, 1.82) is 0 Å². The predicted molar refractivity (Wildman–Crippen MR) is 138 cm³/mol. The second-order valence-corrected chi connectivity index (χ2v) is 10.9. The van der Waals surface area contributed by atoms with Crippen LogP contribution < -0.4 is 5.32 Å². The first-order valence-electron chi connectivity index (χ1n) is 12.0. The summed E-state index contributed by atoms with van der Waals surface area (Å²) in [4.78, 5) is 26.2. The number of nitrogens with zero attached hydrogens (tertiary/aromatic N) is 3. The van der Waals surface area contributed by atoms with Crippen molar-refractivity contribution in [3.8, 4) is 10.4 Å². The number of amides is 1. The van der Waals surface area contributed by atoms with Crippen LogP contribution in [0.4, 0.5) is 5.82 Å². The number of anilines is 1. The summed E-state index contributed by atoms with van der Waals surface area (Å²) < 4.78 is 0. The summed E-state index contributed by atoms with van der Waals surface area (Å²) in [6.45, 7) is 3.62. The van der Waals surface area contributed by atoms with Crippen LogP contribution in [0.2, 0.25) is 0 Å². The molecular formula is C28H28N4OS. The Kier molecular flexibility index (Phi) is 5.33. The van der Waals surface area contributed by atoms with Gasteiger partial charge in [-0.05, 0) is 55.0 Å². The van der Waals surface area contributed by atoms with Crippen molar-refractivity contribution < 1.29 is 4.79 Å². The first kappa shape index (κ1) is 21.3. The van der Waals surface area contributed by atoms with E-state index in [0.29, 0.717) is 11.1 Å². The largest absolute Gasteiger partial charge is 0.369 e. The van der Waals surface area contributed by atoms with Crippen molar-refractivity contribution in [3.05, 3.63) is 77.6 Å². The molecule has 34 heavy (non-hydrogen) atoms. The Morgan fingerprint density at radius 2 is 1.91 bits per heavy atom. The van der Waals surface area contributed by atoms with E-state index < -0.39 is 0 Å². The van der Waals surface area contributed by atoms with Gasteiger partial charge in [-0.15, -0.1) is 11.3 Å². The summed E-state index contributed by atoms with van der Waals surface area (Å²) in [5.74, 6) is 0.997. The molecule has 1 N–H and O–H groups in total. The molecule has 6 rings (SSSR count). The summed E-state index contributed by atoms with van der Waals surface area (Å²) in [5.41, 5.74) is 2.01. The van der Waals surface area contributed by atoms with Gasteiger partial charge in [0.1, 0.15) is 11.5 Å². The number of carbonyl (C=O) groups is 1. The lowest BCUT2D eigenvalue weighted by Crippen LogP contribution is -2.37. The van der Waals surface area contributed by atoms with E-state index in [1.807, 2.05) is 49.5 Å². The number of pyridine rings is 1. The predicted octanol–water partition coefficient (Wildman–Crippen LogP) is 6.16. The Bertz CT molecular complexity index is 1340. The molecule has 6 heteroatoms. The molecule has 1 saturated heterocycles. The van der Waals surface area contributed by atoms with E-state index in [-0.39, 0.29) is 11.9 Å². The number of carbonyl (C=O) groups excluding carboxylic acids is 1. The molecular weight excluding hydrogens is 440 g/mol. The minimum Gasteiger partial charge on any atom is -0.369 e. The van der Waals surface area contributed by atoms with Gasteiger partial charge in [0.05, 0.1) is 9.88 Å². The first-order valence-corrected chi connectivity index (χ1v) is 12.9. The average Bonchev–Trinajstić information content (AvgIpc) is 3.35. The number of likely N-dealkylation sites (tertiary alicyclic amines) is 1. The molecule has 2 aromatic carbocycles. The van der Waals surface area contributed by atoms with Crippen LogP contribution in [-0.2, 0) is 0 Å². The number of hydrogen-bond acceptors (Lipinski definition) is 5. The molecule has 172 valence electrons. The second kappa shape index (κ2) is 8.51. The molecule has 1 aliphatic carbocycles. The van der Waals surface area contributed by atoms with E-state index in [1.165, 1.54) is 18.2 Å². The first-order chi connectivity index (χ1) is 16.6. The van der Waals surface area contributed by atoms with Crippen LogP contribution in [0.5, 0.6) is 0 Å². The Morgan fingerprint density at radius 3 is 2.74 bits per heavy atom. The van der Waals surface area contributed by atoms with E-state index in [9.17, 15) is 4.79 Å². The van der Waals surface area contributed by atoms with Crippen molar-refractivity contribution in [1.82, 2.24) is 14.9 Å². The van der Waals surface area contributed by atoms with Gasteiger partial charge in [0.25, 0.3) is 5.91 Å². The zero-order valence-corrected chi connectivity index (χ0v) is 20.1. The minimum atomic E-state index is 0.0836. The van der Waals surface area contributed by atoms with E-state index in [0.717, 1.165) is 52.6 Å². The fraction of sp³-hybridized carbons (Fsp3) is 0.321. The zero-order valence-electron chi connectivity index (χ0n) is 19.3. The molecule has 2 aliphatic rings. The number of fused-ring (bicyclic) bond motifs is 1. The molecule has 5 nitrogen and oxygen atoms in total. The third-order valence-electron chi connectivity index (χ3n) is 7.25. The van der Waals surface area contributed by atoms with Crippen LogP contribution in [0.3, 0.4) is 0 Å². The van der Waals surface area contributed by atoms with E-state index in [4.69, 9.17) is 4.98 Å². The number of aryl methyl sites for hydroxylation is 1. The SMILES string of the molecule is Cc1nc(C(=O)N2CC3(CC3)C[C@H]2CCNc2nccc3ccccc23)c(-c2ccccc2)s1. The molecule has 1 saturated carbocycles. The number of hydrogen-bond donors (Lipinski definition) is 1. The molecule has 1 amide bonds. The maximum absolute atomic E-state index is 13.8. The van der Waals surface area contributed by atoms with Crippen LogP contribution in [0, 0.1) is 12.3 Å².